The average molecular weight is 191 g/mol. The van der Waals surface area contributed by atoms with E-state index in [1.54, 1.807) is 0 Å². The Bertz CT molecular complexity index is 408. The number of carbonyl (C=O) groups is 1. The second-order valence-corrected chi connectivity index (χ2v) is 2.50. The summed E-state index contributed by atoms with van der Waals surface area (Å²) in [7, 11) is 0. The summed E-state index contributed by atoms with van der Waals surface area (Å²) >= 11 is 0. The number of ketones is 1. The zero-order chi connectivity index (χ0) is 10.7. The number of nitro groups is 1. The quantitative estimate of drug-likeness (QED) is 0.277. The van der Waals surface area contributed by atoms with Crippen LogP contribution in [0.4, 0.5) is 0 Å². The molecule has 5 heteroatoms. The number of rotatable bonds is 2. The van der Waals surface area contributed by atoms with E-state index in [1.165, 1.54) is 12.0 Å². The van der Waals surface area contributed by atoms with E-state index >= 15 is 0 Å². The monoisotopic (exact) mass is 191 g/mol. The lowest BCUT2D eigenvalue weighted by molar-refractivity contribution is -0.420. The number of hydrogen-bond donors (Lipinski definition) is 0. The van der Waals surface area contributed by atoms with Gasteiger partial charge < -0.3 is 0 Å². The molecule has 0 N–H and O–H groups in total. The van der Waals surface area contributed by atoms with Gasteiger partial charge in [0, 0.05) is 17.7 Å². The zero-order valence-electron chi connectivity index (χ0n) is 7.02. The van der Waals surface area contributed by atoms with E-state index in [-0.39, 0.29) is 16.8 Å². The number of hydrogen-bond acceptors (Lipinski definition) is 4. The van der Waals surface area contributed by atoms with Gasteiger partial charge in [-0.3, -0.25) is 14.9 Å². The molecule has 70 valence electrons. The summed E-state index contributed by atoms with van der Waals surface area (Å²) in [4.78, 5) is 31.0. The van der Waals surface area contributed by atoms with Crippen LogP contribution in [-0.2, 0) is 9.59 Å². The summed E-state index contributed by atoms with van der Waals surface area (Å²) in [5, 5.41) is 10.4. The van der Waals surface area contributed by atoms with Gasteiger partial charge in [-0.1, -0.05) is 6.58 Å². The Labute approximate surface area is 78.9 Å². The summed E-state index contributed by atoms with van der Waals surface area (Å²) in [6, 6.07) is 0. The fourth-order valence-corrected chi connectivity index (χ4v) is 0.984. The molecule has 0 spiro atoms. The van der Waals surface area contributed by atoms with E-state index in [4.69, 9.17) is 0 Å². The van der Waals surface area contributed by atoms with Gasteiger partial charge in [-0.25, -0.2) is 4.79 Å². The van der Waals surface area contributed by atoms with Gasteiger partial charge >= 0.3 is 0 Å². The standard InChI is InChI=1S/C9H5NO4/c1-6-8(10(13)14)3-2-7(4-5-11)9(6)12/h2-4H,1H2. The van der Waals surface area contributed by atoms with E-state index < -0.39 is 10.7 Å². The summed E-state index contributed by atoms with van der Waals surface area (Å²) in [5.41, 5.74) is -0.521. The third-order valence-electron chi connectivity index (χ3n) is 1.68. The molecular weight excluding hydrogens is 186 g/mol. The van der Waals surface area contributed by atoms with Crippen LogP contribution in [0.15, 0.2) is 41.7 Å². The Kier molecular flexibility index (Phi) is 2.55. The van der Waals surface area contributed by atoms with Crippen molar-refractivity contribution in [1.82, 2.24) is 0 Å². The Morgan fingerprint density at radius 2 is 2.14 bits per heavy atom. The van der Waals surface area contributed by atoms with E-state index in [2.05, 4.69) is 6.58 Å². The van der Waals surface area contributed by atoms with Gasteiger partial charge in [0.25, 0.3) is 5.70 Å². The Hall–Kier alpha value is -2.26. The van der Waals surface area contributed by atoms with Gasteiger partial charge in [-0.2, -0.15) is 0 Å². The third-order valence-corrected chi connectivity index (χ3v) is 1.68. The highest BCUT2D eigenvalue weighted by Crippen LogP contribution is 2.20. The van der Waals surface area contributed by atoms with Gasteiger partial charge in [0.2, 0.25) is 0 Å². The summed E-state index contributed by atoms with van der Waals surface area (Å²) < 4.78 is 0. The highest BCUT2D eigenvalue weighted by molar-refractivity contribution is 6.14. The summed E-state index contributed by atoms with van der Waals surface area (Å²) in [6.45, 7) is 3.28. The molecule has 0 atom stereocenters. The van der Waals surface area contributed by atoms with Crippen molar-refractivity contribution in [3.63, 3.8) is 0 Å². The Balaban J connectivity index is 3.21. The van der Waals surface area contributed by atoms with E-state index in [1.807, 2.05) is 0 Å². The molecule has 0 saturated carbocycles. The Morgan fingerprint density at radius 3 is 2.64 bits per heavy atom. The minimum absolute atomic E-state index is 0.0515. The second-order valence-electron chi connectivity index (χ2n) is 2.50. The van der Waals surface area contributed by atoms with Crippen LogP contribution in [0.25, 0.3) is 0 Å². The minimum atomic E-state index is -0.696. The first-order chi connectivity index (χ1) is 6.57. The zero-order valence-corrected chi connectivity index (χ0v) is 7.02. The number of carbonyl (C=O) groups excluding carboxylic acids is 2. The number of allylic oxidation sites excluding steroid dienone is 5. The lowest BCUT2D eigenvalue weighted by Crippen LogP contribution is -2.14. The molecule has 1 aliphatic carbocycles. The molecule has 1 rings (SSSR count). The van der Waals surface area contributed by atoms with Gasteiger partial charge in [0.05, 0.1) is 10.5 Å². The van der Waals surface area contributed by atoms with Crippen molar-refractivity contribution >= 4 is 11.7 Å². The maximum Gasteiger partial charge on any atom is 0.279 e. The molecule has 1 aliphatic rings. The topological polar surface area (TPSA) is 77.3 Å². The van der Waals surface area contributed by atoms with Crippen molar-refractivity contribution in [3.8, 4) is 0 Å². The van der Waals surface area contributed by atoms with Gasteiger partial charge in [0.1, 0.15) is 5.94 Å². The molecule has 0 saturated heterocycles. The molecule has 0 aliphatic heterocycles. The van der Waals surface area contributed by atoms with Crippen molar-refractivity contribution in [3.05, 3.63) is 51.8 Å². The molecule has 0 bridgehead atoms. The number of nitrogens with zero attached hydrogens (tertiary/aromatic N) is 1. The average Bonchev–Trinajstić information content (AvgIpc) is 2.13. The van der Waals surface area contributed by atoms with Crippen LogP contribution in [-0.4, -0.2) is 16.6 Å². The largest absolute Gasteiger partial charge is 0.288 e. The predicted octanol–water partition coefficient (Wildman–Crippen LogP) is 0.600. The first kappa shape index (κ1) is 9.83. The highest BCUT2D eigenvalue weighted by atomic mass is 16.6. The fraction of sp³-hybridized carbons (Fsp3) is 0. The molecule has 5 nitrogen and oxygen atoms in total. The van der Waals surface area contributed by atoms with Gasteiger partial charge in [0.15, 0.2) is 5.78 Å². The third kappa shape index (κ3) is 1.57. The van der Waals surface area contributed by atoms with Gasteiger partial charge in [-0.15, -0.1) is 0 Å². The molecule has 0 unspecified atom stereocenters. The van der Waals surface area contributed by atoms with Gasteiger partial charge in [-0.05, 0) is 6.08 Å². The molecule has 0 fully saturated rings. The predicted molar refractivity (Wildman–Crippen MR) is 47.6 cm³/mol. The number of Topliss-reactive ketones (excluding diaryl/α,β-unsaturated/α-hetero) is 1. The van der Waals surface area contributed by atoms with E-state index in [9.17, 15) is 19.7 Å². The normalized spacial score (nSPS) is 15.4. The van der Waals surface area contributed by atoms with Crippen LogP contribution in [0.3, 0.4) is 0 Å². The first-order valence-electron chi connectivity index (χ1n) is 3.59. The summed E-state index contributed by atoms with van der Waals surface area (Å²) in [6.07, 6.45) is 3.24. The molecule has 0 amide bonds. The van der Waals surface area contributed by atoms with Crippen LogP contribution in [0.2, 0.25) is 0 Å². The van der Waals surface area contributed by atoms with Crippen LogP contribution in [0.5, 0.6) is 0 Å². The maximum atomic E-state index is 11.3. The lowest BCUT2D eigenvalue weighted by Gasteiger charge is -2.05. The van der Waals surface area contributed by atoms with Crippen LogP contribution in [0, 0.1) is 10.1 Å². The molecule has 14 heavy (non-hydrogen) atoms. The fourth-order valence-electron chi connectivity index (χ4n) is 0.984. The molecule has 0 aromatic heterocycles. The van der Waals surface area contributed by atoms with Crippen LogP contribution in [0.1, 0.15) is 0 Å². The van der Waals surface area contributed by atoms with Crippen LogP contribution >= 0.6 is 0 Å². The smallest absolute Gasteiger partial charge is 0.279 e. The molecular formula is C9H5NO4. The lowest BCUT2D eigenvalue weighted by atomic mass is 9.97. The summed E-state index contributed by atoms with van der Waals surface area (Å²) in [5.74, 6) is 0.805. The SMILES string of the molecule is C=C1C(=O)C(C=C=O)=CC=C1[N+](=O)[O-]. The molecule has 0 radical (unpaired) electrons. The highest BCUT2D eigenvalue weighted by Gasteiger charge is 2.26. The van der Waals surface area contributed by atoms with Crippen molar-refractivity contribution < 1.29 is 14.5 Å². The van der Waals surface area contributed by atoms with Crippen molar-refractivity contribution in [2.45, 2.75) is 0 Å². The Morgan fingerprint density at radius 1 is 1.50 bits per heavy atom. The minimum Gasteiger partial charge on any atom is -0.288 e. The second kappa shape index (κ2) is 3.64. The van der Waals surface area contributed by atoms with E-state index in [0.717, 1.165) is 12.2 Å². The molecule has 0 aromatic rings. The maximum absolute atomic E-state index is 11.3. The van der Waals surface area contributed by atoms with Crippen molar-refractivity contribution in [2.24, 2.45) is 0 Å². The van der Waals surface area contributed by atoms with E-state index in [0.29, 0.717) is 0 Å². The molecule has 0 heterocycles. The first-order valence-corrected chi connectivity index (χ1v) is 3.59. The van der Waals surface area contributed by atoms with Crippen LogP contribution < -0.4 is 0 Å². The van der Waals surface area contributed by atoms with Crippen molar-refractivity contribution in [1.29, 1.82) is 0 Å². The molecule has 0 aromatic carbocycles. The van der Waals surface area contributed by atoms with Crippen molar-refractivity contribution in [2.75, 3.05) is 0 Å².